The van der Waals surface area contributed by atoms with Crippen LogP contribution in [-0.2, 0) is 9.59 Å². The molecular weight excluding hydrogens is 514 g/mol. The van der Waals surface area contributed by atoms with Crippen LogP contribution in [0.1, 0.15) is 12.5 Å². The van der Waals surface area contributed by atoms with Gasteiger partial charge in [0.25, 0.3) is 5.22 Å². The Hall–Kier alpha value is -5.14. The molecule has 9 nitrogen and oxygen atoms in total. The summed E-state index contributed by atoms with van der Waals surface area (Å²) in [6, 6.07) is 28.0. The highest BCUT2D eigenvalue weighted by molar-refractivity contribution is 7.99. The van der Waals surface area contributed by atoms with Crippen molar-refractivity contribution < 1.29 is 18.4 Å². The van der Waals surface area contributed by atoms with E-state index in [2.05, 4.69) is 26.9 Å². The van der Waals surface area contributed by atoms with Gasteiger partial charge in [0.1, 0.15) is 17.4 Å². The number of nitriles is 1. The molecule has 0 spiro atoms. The van der Waals surface area contributed by atoms with E-state index in [-0.39, 0.29) is 34.2 Å². The molecule has 0 atom stereocenters. The molecule has 39 heavy (non-hydrogen) atoms. The van der Waals surface area contributed by atoms with Crippen LogP contribution in [0.2, 0.25) is 0 Å². The van der Waals surface area contributed by atoms with Gasteiger partial charge in [-0.05, 0) is 23.8 Å². The number of furan rings is 1. The molecule has 192 valence electrons. The summed E-state index contributed by atoms with van der Waals surface area (Å²) in [5, 5.41) is 23.6. The van der Waals surface area contributed by atoms with Crippen LogP contribution in [0.5, 0.6) is 0 Å². The lowest BCUT2D eigenvalue weighted by molar-refractivity contribution is -0.114. The molecule has 0 radical (unpaired) electrons. The van der Waals surface area contributed by atoms with Gasteiger partial charge in [-0.2, -0.15) is 5.26 Å². The lowest BCUT2D eigenvalue weighted by atomic mass is 9.98. The van der Waals surface area contributed by atoms with Gasteiger partial charge in [0.15, 0.2) is 0 Å². The fourth-order valence-corrected chi connectivity index (χ4v) is 4.47. The van der Waals surface area contributed by atoms with Crippen molar-refractivity contribution >= 4 is 35.1 Å². The van der Waals surface area contributed by atoms with Gasteiger partial charge < -0.3 is 14.2 Å². The number of rotatable bonds is 8. The van der Waals surface area contributed by atoms with Crippen LogP contribution in [0.3, 0.4) is 0 Å². The molecular formula is C29H21N5O4S. The number of anilines is 2. The quantitative estimate of drug-likeness (QED) is 0.224. The summed E-state index contributed by atoms with van der Waals surface area (Å²) in [5.74, 6) is 0.161. The summed E-state index contributed by atoms with van der Waals surface area (Å²) >= 11 is 1.05. The Morgan fingerprint density at radius 1 is 0.872 bits per heavy atom. The summed E-state index contributed by atoms with van der Waals surface area (Å²) in [4.78, 5) is 24.2. The lowest BCUT2D eigenvalue weighted by Crippen LogP contribution is -2.14. The standard InChI is InChI=1S/C29H21N5O4S/c1-18(35)31-22-14-8-13-21(15-22)27-33-34-29(38-27)39-17-24(36)32-28-23(16-30)25(19-9-4-2-5-10-19)26(37-28)20-11-6-3-7-12-20/h2-15H,17H2,1H3,(H,31,35)(H,32,36). The molecule has 0 aliphatic carbocycles. The van der Waals surface area contributed by atoms with Gasteiger partial charge in [-0.15, -0.1) is 10.2 Å². The van der Waals surface area contributed by atoms with Crippen molar-refractivity contribution in [2.24, 2.45) is 0 Å². The van der Waals surface area contributed by atoms with E-state index in [1.165, 1.54) is 6.92 Å². The monoisotopic (exact) mass is 535 g/mol. The van der Waals surface area contributed by atoms with Crippen molar-refractivity contribution in [1.82, 2.24) is 10.2 Å². The van der Waals surface area contributed by atoms with Crippen LogP contribution in [0.25, 0.3) is 33.9 Å². The predicted octanol–water partition coefficient (Wildman–Crippen LogP) is 6.22. The highest BCUT2D eigenvalue weighted by atomic mass is 32.2. The number of nitrogens with zero attached hydrogens (tertiary/aromatic N) is 3. The molecule has 3 aromatic carbocycles. The van der Waals surface area contributed by atoms with E-state index in [4.69, 9.17) is 8.83 Å². The highest BCUT2D eigenvalue weighted by Gasteiger charge is 2.24. The molecule has 0 fully saturated rings. The molecule has 0 saturated heterocycles. The Kier molecular flexibility index (Phi) is 7.52. The number of carbonyl (C=O) groups is 2. The number of aromatic nitrogens is 2. The molecule has 5 aromatic rings. The largest absolute Gasteiger partial charge is 0.438 e. The fourth-order valence-electron chi connectivity index (χ4n) is 3.91. The molecule has 0 aliphatic rings. The number of hydrogen-bond donors (Lipinski definition) is 2. The Balaban J connectivity index is 1.33. The molecule has 2 amide bonds. The van der Waals surface area contributed by atoms with Crippen LogP contribution < -0.4 is 10.6 Å². The number of amides is 2. The molecule has 2 heterocycles. The second kappa shape index (κ2) is 11.5. The van der Waals surface area contributed by atoms with Crippen LogP contribution in [0.4, 0.5) is 11.6 Å². The first-order valence-electron chi connectivity index (χ1n) is 11.8. The third-order valence-electron chi connectivity index (χ3n) is 5.53. The molecule has 0 unspecified atom stereocenters. The molecule has 0 aliphatic heterocycles. The predicted molar refractivity (Wildman–Crippen MR) is 148 cm³/mol. The zero-order valence-electron chi connectivity index (χ0n) is 20.7. The Bertz CT molecular complexity index is 1670. The van der Waals surface area contributed by atoms with E-state index in [0.717, 1.165) is 22.9 Å². The van der Waals surface area contributed by atoms with Gasteiger partial charge in [-0.3, -0.25) is 14.9 Å². The maximum atomic E-state index is 12.8. The number of thioether (sulfide) groups is 1. The minimum atomic E-state index is -0.406. The average molecular weight is 536 g/mol. The molecule has 2 aromatic heterocycles. The summed E-state index contributed by atoms with van der Waals surface area (Å²) in [6.07, 6.45) is 0. The zero-order chi connectivity index (χ0) is 27.2. The van der Waals surface area contributed by atoms with Gasteiger partial charge in [0, 0.05) is 29.3 Å². The van der Waals surface area contributed by atoms with Gasteiger partial charge in [-0.25, -0.2) is 0 Å². The van der Waals surface area contributed by atoms with Crippen molar-refractivity contribution in [2.45, 2.75) is 12.1 Å². The Labute approximate surface area is 227 Å². The van der Waals surface area contributed by atoms with Crippen LogP contribution in [-0.4, -0.2) is 27.8 Å². The Morgan fingerprint density at radius 3 is 2.26 bits per heavy atom. The maximum Gasteiger partial charge on any atom is 0.277 e. The van der Waals surface area contributed by atoms with E-state index >= 15 is 0 Å². The number of hydrogen-bond acceptors (Lipinski definition) is 8. The number of carbonyl (C=O) groups excluding carboxylic acids is 2. The molecule has 10 heteroatoms. The molecule has 0 bridgehead atoms. The van der Waals surface area contributed by atoms with Crippen molar-refractivity contribution in [3.8, 4) is 40.0 Å². The van der Waals surface area contributed by atoms with E-state index in [0.29, 0.717) is 22.6 Å². The lowest BCUT2D eigenvalue weighted by Gasteiger charge is -2.03. The van der Waals surface area contributed by atoms with Crippen molar-refractivity contribution in [3.05, 3.63) is 90.5 Å². The van der Waals surface area contributed by atoms with E-state index < -0.39 is 5.91 Å². The first kappa shape index (κ1) is 25.5. The highest BCUT2D eigenvalue weighted by Crippen LogP contribution is 2.41. The fraction of sp³-hybridized carbons (Fsp3) is 0.0690. The van der Waals surface area contributed by atoms with Gasteiger partial charge in [0.05, 0.1) is 5.75 Å². The number of nitrogens with one attached hydrogen (secondary N) is 2. The first-order valence-corrected chi connectivity index (χ1v) is 12.8. The third-order valence-corrected chi connectivity index (χ3v) is 6.35. The summed E-state index contributed by atoms with van der Waals surface area (Å²) < 4.78 is 11.7. The summed E-state index contributed by atoms with van der Waals surface area (Å²) in [6.45, 7) is 1.42. The summed E-state index contributed by atoms with van der Waals surface area (Å²) in [5.41, 5.74) is 3.65. The SMILES string of the molecule is CC(=O)Nc1cccc(-c2nnc(SCC(=O)Nc3oc(-c4ccccc4)c(-c4ccccc4)c3C#N)o2)c1. The maximum absolute atomic E-state index is 12.8. The topological polar surface area (TPSA) is 134 Å². The third kappa shape index (κ3) is 5.89. The first-order chi connectivity index (χ1) is 19.0. The smallest absolute Gasteiger partial charge is 0.277 e. The number of benzene rings is 3. The van der Waals surface area contributed by atoms with Crippen LogP contribution in [0.15, 0.2) is 99.0 Å². The Morgan fingerprint density at radius 2 is 1.56 bits per heavy atom. The normalized spacial score (nSPS) is 10.6. The van der Waals surface area contributed by atoms with Crippen molar-refractivity contribution in [1.29, 1.82) is 5.26 Å². The van der Waals surface area contributed by atoms with Crippen molar-refractivity contribution in [3.63, 3.8) is 0 Å². The van der Waals surface area contributed by atoms with Crippen LogP contribution in [0, 0.1) is 11.3 Å². The second-order valence-electron chi connectivity index (χ2n) is 8.33. The zero-order valence-corrected chi connectivity index (χ0v) is 21.5. The summed E-state index contributed by atoms with van der Waals surface area (Å²) in [7, 11) is 0. The van der Waals surface area contributed by atoms with E-state index in [1.807, 2.05) is 60.7 Å². The molecule has 5 rings (SSSR count). The van der Waals surface area contributed by atoms with Crippen molar-refractivity contribution in [2.75, 3.05) is 16.4 Å². The van der Waals surface area contributed by atoms with Gasteiger partial charge in [0.2, 0.25) is 23.6 Å². The van der Waals surface area contributed by atoms with Gasteiger partial charge >= 0.3 is 0 Å². The second-order valence-corrected chi connectivity index (χ2v) is 9.25. The average Bonchev–Trinajstić information content (AvgIpc) is 3.57. The van der Waals surface area contributed by atoms with E-state index in [1.54, 1.807) is 24.3 Å². The minimum Gasteiger partial charge on any atom is -0.438 e. The van der Waals surface area contributed by atoms with Gasteiger partial charge in [-0.1, -0.05) is 78.5 Å². The van der Waals surface area contributed by atoms with Crippen LogP contribution >= 0.6 is 11.8 Å². The molecule has 0 saturated carbocycles. The van der Waals surface area contributed by atoms with E-state index in [9.17, 15) is 14.9 Å². The molecule has 2 N–H and O–H groups in total. The minimum absolute atomic E-state index is 0.0551.